The van der Waals surface area contributed by atoms with Crippen LogP contribution in [0.1, 0.15) is 28.9 Å². The van der Waals surface area contributed by atoms with E-state index in [0.29, 0.717) is 22.4 Å². The molecule has 122 valence electrons. The number of hydrogen-bond donors (Lipinski definition) is 1. The fraction of sp³-hybridized carbons (Fsp3) is 0.200. The standard InChI is InChI=1S/C15H12F4N2OS/c1-9(22)11-6-13(8-20-7-11)23-21-14(15(17,18)19)10-2-4-12(16)5-3-10/h2-8,14,21H,1H3. The molecule has 8 heteroatoms. The lowest BCUT2D eigenvalue weighted by molar-refractivity contribution is -0.152. The highest BCUT2D eigenvalue weighted by atomic mass is 32.2. The average Bonchev–Trinajstić information content (AvgIpc) is 2.48. The molecule has 1 aromatic carbocycles. The highest BCUT2D eigenvalue weighted by Gasteiger charge is 2.40. The number of nitrogens with zero attached hydrogens (tertiary/aromatic N) is 1. The van der Waals surface area contributed by atoms with E-state index in [1.807, 2.05) is 0 Å². The summed E-state index contributed by atoms with van der Waals surface area (Å²) in [7, 11) is 0. The minimum absolute atomic E-state index is 0.109. The van der Waals surface area contributed by atoms with Crippen molar-refractivity contribution in [1.29, 1.82) is 0 Å². The maximum Gasteiger partial charge on any atom is 0.408 e. The summed E-state index contributed by atoms with van der Waals surface area (Å²) in [5.41, 5.74) is 0.198. The third-order valence-corrected chi connectivity index (χ3v) is 3.76. The molecule has 3 nitrogen and oxygen atoms in total. The predicted octanol–water partition coefficient (Wildman–Crippen LogP) is 4.32. The summed E-state index contributed by atoms with van der Waals surface area (Å²) in [6, 6.07) is 3.56. The summed E-state index contributed by atoms with van der Waals surface area (Å²) in [6.45, 7) is 1.34. The Bertz CT molecular complexity index is 689. The molecular formula is C15H12F4N2OS. The van der Waals surface area contributed by atoms with Crippen LogP contribution in [0.25, 0.3) is 0 Å². The molecule has 23 heavy (non-hydrogen) atoms. The SMILES string of the molecule is CC(=O)c1cncc(SNC(c2ccc(F)cc2)C(F)(F)F)c1. The van der Waals surface area contributed by atoms with Gasteiger partial charge in [0.05, 0.1) is 0 Å². The summed E-state index contributed by atoms with van der Waals surface area (Å²) in [6.07, 6.45) is -1.87. The number of alkyl halides is 3. The van der Waals surface area contributed by atoms with Gasteiger partial charge >= 0.3 is 6.18 Å². The minimum Gasteiger partial charge on any atom is -0.294 e. The third kappa shape index (κ3) is 4.77. The van der Waals surface area contributed by atoms with Crippen LogP contribution in [0.15, 0.2) is 47.6 Å². The van der Waals surface area contributed by atoms with Crippen molar-refractivity contribution in [2.24, 2.45) is 0 Å². The van der Waals surface area contributed by atoms with E-state index in [0.717, 1.165) is 24.3 Å². The summed E-state index contributed by atoms with van der Waals surface area (Å²) in [5.74, 6) is -0.841. The van der Waals surface area contributed by atoms with Crippen LogP contribution in [-0.2, 0) is 0 Å². The van der Waals surface area contributed by atoms with Crippen LogP contribution in [0.3, 0.4) is 0 Å². The Morgan fingerprint density at radius 2 is 1.87 bits per heavy atom. The van der Waals surface area contributed by atoms with Crippen LogP contribution in [0, 0.1) is 5.82 Å². The maximum atomic E-state index is 13.2. The van der Waals surface area contributed by atoms with Gasteiger partial charge in [0.15, 0.2) is 5.78 Å². The first-order valence-corrected chi connectivity index (χ1v) is 7.29. The topological polar surface area (TPSA) is 42.0 Å². The molecule has 0 spiro atoms. The van der Waals surface area contributed by atoms with Gasteiger partial charge in [0.25, 0.3) is 0 Å². The molecule has 0 saturated heterocycles. The lowest BCUT2D eigenvalue weighted by Crippen LogP contribution is -2.30. The number of carbonyl (C=O) groups is 1. The van der Waals surface area contributed by atoms with Crippen molar-refractivity contribution < 1.29 is 22.4 Å². The van der Waals surface area contributed by atoms with Gasteiger partial charge in [-0.25, -0.2) is 9.11 Å². The smallest absolute Gasteiger partial charge is 0.294 e. The Hall–Kier alpha value is -1.93. The van der Waals surface area contributed by atoms with Gasteiger partial charge in [-0.2, -0.15) is 13.2 Å². The molecular weight excluding hydrogens is 332 g/mol. The van der Waals surface area contributed by atoms with Crippen molar-refractivity contribution in [3.63, 3.8) is 0 Å². The van der Waals surface area contributed by atoms with Crippen molar-refractivity contribution in [2.45, 2.75) is 24.0 Å². The second-order valence-electron chi connectivity index (χ2n) is 4.71. The first-order valence-electron chi connectivity index (χ1n) is 6.48. The Morgan fingerprint density at radius 3 is 2.43 bits per heavy atom. The van der Waals surface area contributed by atoms with Crippen LogP contribution in [0.2, 0.25) is 0 Å². The highest BCUT2D eigenvalue weighted by molar-refractivity contribution is 7.97. The molecule has 0 saturated carbocycles. The molecule has 0 aliphatic rings. The van der Waals surface area contributed by atoms with Gasteiger partial charge in [-0.3, -0.25) is 9.78 Å². The second kappa shape index (κ2) is 7.10. The zero-order valence-electron chi connectivity index (χ0n) is 11.9. The molecule has 1 heterocycles. The van der Waals surface area contributed by atoms with Crippen molar-refractivity contribution in [3.8, 4) is 0 Å². The van der Waals surface area contributed by atoms with Crippen molar-refractivity contribution in [1.82, 2.24) is 9.71 Å². The number of halogens is 4. The van der Waals surface area contributed by atoms with E-state index in [-0.39, 0.29) is 11.3 Å². The largest absolute Gasteiger partial charge is 0.408 e. The molecule has 0 aliphatic carbocycles. The minimum atomic E-state index is -4.56. The number of carbonyl (C=O) groups excluding carboxylic acids is 1. The number of ketones is 1. The fourth-order valence-corrected chi connectivity index (χ4v) is 2.60. The van der Waals surface area contributed by atoms with Gasteiger partial charge in [-0.05, 0) is 42.6 Å². The number of benzene rings is 1. The Labute approximate surface area is 134 Å². The molecule has 0 bridgehead atoms. The second-order valence-corrected chi connectivity index (χ2v) is 5.62. The zero-order valence-corrected chi connectivity index (χ0v) is 12.7. The van der Waals surface area contributed by atoms with E-state index in [2.05, 4.69) is 9.71 Å². The van der Waals surface area contributed by atoms with E-state index in [1.165, 1.54) is 25.4 Å². The van der Waals surface area contributed by atoms with Gasteiger partial charge in [-0.15, -0.1) is 0 Å². The monoisotopic (exact) mass is 344 g/mol. The molecule has 0 fully saturated rings. The molecule has 2 rings (SSSR count). The summed E-state index contributed by atoms with van der Waals surface area (Å²) in [4.78, 5) is 15.5. The van der Waals surface area contributed by atoms with Gasteiger partial charge in [0.2, 0.25) is 0 Å². The first-order chi connectivity index (χ1) is 10.8. The van der Waals surface area contributed by atoms with Gasteiger partial charge in [0.1, 0.15) is 11.9 Å². The van der Waals surface area contributed by atoms with Crippen LogP contribution in [-0.4, -0.2) is 16.9 Å². The average molecular weight is 344 g/mol. The molecule has 1 aromatic heterocycles. The van der Waals surface area contributed by atoms with Crippen LogP contribution < -0.4 is 4.72 Å². The normalized spacial score (nSPS) is 12.9. The van der Waals surface area contributed by atoms with Crippen molar-refractivity contribution >= 4 is 17.7 Å². The van der Waals surface area contributed by atoms with Crippen molar-refractivity contribution in [3.05, 3.63) is 59.7 Å². The summed E-state index contributed by atoms with van der Waals surface area (Å²) in [5, 5.41) is 0. The van der Waals surface area contributed by atoms with Gasteiger partial charge < -0.3 is 0 Å². The van der Waals surface area contributed by atoms with E-state index < -0.39 is 18.0 Å². The molecule has 0 aliphatic heterocycles. The third-order valence-electron chi connectivity index (χ3n) is 2.94. The number of aromatic nitrogens is 1. The van der Waals surface area contributed by atoms with E-state index >= 15 is 0 Å². The number of hydrogen-bond acceptors (Lipinski definition) is 4. The van der Waals surface area contributed by atoms with E-state index in [9.17, 15) is 22.4 Å². The zero-order chi connectivity index (χ0) is 17.0. The molecule has 0 radical (unpaired) electrons. The van der Waals surface area contributed by atoms with Crippen LogP contribution in [0.4, 0.5) is 17.6 Å². The molecule has 0 amide bonds. The summed E-state index contributed by atoms with van der Waals surface area (Å²) >= 11 is 0.708. The number of Topliss-reactive ketones (excluding diaryl/α,β-unsaturated/α-hetero) is 1. The number of rotatable bonds is 5. The molecule has 1 N–H and O–H groups in total. The van der Waals surface area contributed by atoms with Crippen molar-refractivity contribution in [2.75, 3.05) is 0 Å². The highest BCUT2D eigenvalue weighted by Crippen LogP contribution is 2.35. The predicted molar refractivity (Wildman–Crippen MR) is 78.4 cm³/mol. The maximum absolute atomic E-state index is 13.2. The number of pyridine rings is 1. The first kappa shape index (κ1) is 17.4. The van der Waals surface area contributed by atoms with E-state index in [4.69, 9.17) is 0 Å². The molecule has 1 atom stereocenters. The lowest BCUT2D eigenvalue weighted by atomic mass is 10.1. The number of nitrogens with one attached hydrogen (secondary N) is 1. The Morgan fingerprint density at radius 1 is 1.22 bits per heavy atom. The van der Waals surface area contributed by atoms with Gasteiger partial charge in [0, 0.05) is 22.9 Å². The summed E-state index contributed by atoms with van der Waals surface area (Å²) < 4.78 is 54.7. The quantitative estimate of drug-likeness (QED) is 0.498. The fourth-order valence-electron chi connectivity index (χ4n) is 1.77. The van der Waals surface area contributed by atoms with Crippen LogP contribution in [0.5, 0.6) is 0 Å². The van der Waals surface area contributed by atoms with Gasteiger partial charge in [-0.1, -0.05) is 12.1 Å². The Balaban J connectivity index is 2.18. The van der Waals surface area contributed by atoms with E-state index in [1.54, 1.807) is 0 Å². The molecule has 1 unspecified atom stereocenters. The van der Waals surface area contributed by atoms with Crippen LogP contribution >= 0.6 is 11.9 Å². The molecule has 2 aromatic rings. The lowest BCUT2D eigenvalue weighted by Gasteiger charge is -2.21. The Kier molecular flexibility index (Phi) is 5.38.